The van der Waals surface area contributed by atoms with Gasteiger partial charge < -0.3 is 15.0 Å². The second kappa shape index (κ2) is 6.34. The third kappa shape index (κ3) is 3.12. The van der Waals surface area contributed by atoms with Gasteiger partial charge in [0.05, 0.1) is 19.1 Å². The van der Waals surface area contributed by atoms with Crippen LogP contribution in [0.1, 0.15) is 26.2 Å². The SMILES string of the molecule is C=CCN(C(=O)C1COCC1NCCC)C1CC1. The van der Waals surface area contributed by atoms with Gasteiger partial charge in [-0.2, -0.15) is 0 Å². The van der Waals surface area contributed by atoms with E-state index in [-0.39, 0.29) is 17.9 Å². The lowest BCUT2D eigenvalue weighted by Gasteiger charge is -2.26. The standard InChI is InChI=1S/C14H24N2O2/c1-3-7-15-13-10-18-9-12(13)14(17)16(8-4-2)11-5-6-11/h4,11-13,15H,2-3,5-10H2,1H3. The summed E-state index contributed by atoms with van der Waals surface area (Å²) in [6.07, 6.45) is 5.18. The third-order valence-corrected chi connectivity index (χ3v) is 3.65. The Kier molecular flexibility index (Phi) is 4.78. The Morgan fingerprint density at radius 2 is 2.28 bits per heavy atom. The van der Waals surface area contributed by atoms with E-state index in [1.807, 2.05) is 11.0 Å². The highest BCUT2D eigenvalue weighted by Gasteiger charge is 2.40. The van der Waals surface area contributed by atoms with E-state index in [4.69, 9.17) is 4.74 Å². The van der Waals surface area contributed by atoms with Gasteiger partial charge in [-0.05, 0) is 25.8 Å². The molecule has 2 fully saturated rings. The first-order valence-electron chi connectivity index (χ1n) is 7.00. The minimum Gasteiger partial charge on any atom is -0.379 e. The molecule has 2 unspecified atom stereocenters. The van der Waals surface area contributed by atoms with Gasteiger partial charge in [0.2, 0.25) is 5.91 Å². The monoisotopic (exact) mass is 252 g/mol. The molecule has 1 heterocycles. The average Bonchev–Trinajstić information content (AvgIpc) is 3.11. The van der Waals surface area contributed by atoms with Crippen LogP contribution in [0.2, 0.25) is 0 Å². The Bertz CT molecular complexity index is 302. The van der Waals surface area contributed by atoms with Crippen LogP contribution in [0, 0.1) is 5.92 Å². The molecule has 102 valence electrons. The van der Waals surface area contributed by atoms with Gasteiger partial charge in [-0.3, -0.25) is 4.79 Å². The van der Waals surface area contributed by atoms with Crippen LogP contribution >= 0.6 is 0 Å². The molecule has 1 saturated heterocycles. The van der Waals surface area contributed by atoms with Crippen LogP contribution in [0.4, 0.5) is 0 Å². The van der Waals surface area contributed by atoms with Crippen molar-refractivity contribution in [3.05, 3.63) is 12.7 Å². The van der Waals surface area contributed by atoms with E-state index in [2.05, 4.69) is 18.8 Å². The van der Waals surface area contributed by atoms with Gasteiger partial charge >= 0.3 is 0 Å². The Morgan fingerprint density at radius 1 is 1.50 bits per heavy atom. The predicted octanol–water partition coefficient (Wildman–Crippen LogP) is 1.18. The van der Waals surface area contributed by atoms with Gasteiger partial charge in [0.15, 0.2) is 0 Å². The van der Waals surface area contributed by atoms with Crippen molar-refractivity contribution in [3.63, 3.8) is 0 Å². The molecule has 1 saturated carbocycles. The number of amides is 1. The largest absolute Gasteiger partial charge is 0.379 e. The van der Waals surface area contributed by atoms with Gasteiger partial charge in [-0.1, -0.05) is 13.0 Å². The van der Waals surface area contributed by atoms with Crippen molar-refractivity contribution >= 4 is 5.91 Å². The van der Waals surface area contributed by atoms with Crippen LogP contribution < -0.4 is 5.32 Å². The van der Waals surface area contributed by atoms with Gasteiger partial charge in [0.25, 0.3) is 0 Å². The van der Waals surface area contributed by atoms with Crippen LogP contribution in [0.3, 0.4) is 0 Å². The number of carbonyl (C=O) groups excluding carboxylic acids is 1. The molecule has 1 aliphatic carbocycles. The summed E-state index contributed by atoms with van der Waals surface area (Å²) in [6.45, 7) is 8.71. The third-order valence-electron chi connectivity index (χ3n) is 3.65. The molecule has 18 heavy (non-hydrogen) atoms. The number of carbonyl (C=O) groups is 1. The van der Waals surface area contributed by atoms with Crippen LogP contribution in [-0.2, 0) is 9.53 Å². The molecular weight excluding hydrogens is 228 g/mol. The first-order valence-corrected chi connectivity index (χ1v) is 7.00. The fraction of sp³-hybridized carbons (Fsp3) is 0.786. The molecule has 0 bridgehead atoms. The van der Waals surface area contributed by atoms with E-state index in [0.29, 0.717) is 25.8 Å². The van der Waals surface area contributed by atoms with E-state index >= 15 is 0 Å². The predicted molar refractivity (Wildman–Crippen MR) is 71.3 cm³/mol. The number of nitrogens with zero attached hydrogens (tertiary/aromatic N) is 1. The van der Waals surface area contributed by atoms with Gasteiger partial charge in [0.1, 0.15) is 0 Å². The number of hydrogen-bond donors (Lipinski definition) is 1. The first-order chi connectivity index (χ1) is 8.77. The Labute approximate surface area is 109 Å². The van der Waals surface area contributed by atoms with Crippen molar-refractivity contribution in [2.24, 2.45) is 5.92 Å². The summed E-state index contributed by atoms with van der Waals surface area (Å²) in [5, 5.41) is 3.42. The molecule has 0 spiro atoms. The molecule has 4 heteroatoms. The summed E-state index contributed by atoms with van der Waals surface area (Å²) >= 11 is 0. The normalized spacial score (nSPS) is 27.2. The van der Waals surface area contributed by atoms with Crippen molar-refractivity contribution in [1.82, 2.24) is 10.2 Å². The van der Waals surface area contributed by atoms with Crippen LogP contribution in [0.15, 0.2) is 12.7 Å². The second-order valence-electron chi connectivity index (χ2n) is 5.22. The highest BCUT2D eigenvalue weighted by atomic mass is 16.5. The van der Waals surface area contributed by atoms with E-state index in [1.165, 1.54) is 0 Å². The summed E-state index contributed by atoms with van der Waals surface area (Å²) in [4.78, 5) is 14.5. The molecule has 1 N–H and O–H groups in total. The fourth-order valence-electron chi connectivity index (χ4n) is 2.49. The van der Waals surface area contributed by atoms with Crippen LogP contribution in [0.5, 0.6) is 0 Å². The zero-order valence-electron chi connectivity index (χ0n) is 11.2. The molecule has 0 aromatic rings. The van der Waals surface area contributed by atoms with Crippen molar-refractivity contribution in [2.45, 2.75) is 38.3 Å². The summed E-state index contributed by atoms with van der Waals surface area (Å²) in [6, 6.07) is 0.631. The lowest BCUT2D eigenvalue weighted by molar-refractivity contribution is -0.136. The maximum atomic E-state index is 12.5. The molecule has 2 atom stereocenters. The molecular formula is C14H24N2O2. The van der Waals surface area contributed by atoms with E-state index < -0.39 is 0 Å². The zero-order valence-corrected chi connectivity index (χ0v) is 11.2. The van der Waals surface area contributed by atoms with Crippen LogP contribution in [-0.4, -0.2) is 49.2 Å². The maximum Gasteiger partial charge on any atom is 0.230 e. The second-order valence-corrected chi connectivity index (χ2v) is 5.22. The fourth-order valence-corrected chi connectivity index (χ4v) is 2.49. The summed E-state index contributed by atoms with van der Waals surface area (Å²) in [7, 11) is 0. The minimum atomic E-state index is -0.0166. The van der Waals surface area contributed by atoms with Crippen molar-refractivity contribution in [2.75, 3.05) is 26.3 Å². The maximum absolute atomic E-state index is 12.5. The van der Waals surface area contributed by atoms with Gasteiger partial charge in [-0.15, -0.1) is 6.58 Å². The number of nitrogens with one attached hydrogen (secondary N) is 1. The molecule has 2 rings (SSSR count). The molecule has 0 aromatic carbocycles. The molecule has 0 aromatic heterocycles. The molecule has 2 aliphatic rings. The Morgan fingerprint density at radius 3 is 2.89 bits per heavy atom. The average molecular weight is 252 g/mol. The quantitative estimate of drug-likeness (QED) is 0.692. The van der Waals surface area contributed by atoms with Crippen molar-refractivity contribution in [3.8, 4) is 0 Å². The zero-order chi connectivity index (χ0) is 13.0. The highest BCUT2D eigenvalue weighted by Crippen LogP contribution is 2.29. The summed E-state index contributed by atoms with van der Waals surface area (Å²) in [5.41, 5.74) is 0. The lowest BCUT2D eigenvalue weighted by Crippen LogP contribution is -2.46. The Balaban J connectivity index is 1.94. The highest BCUT2D eigenvalue weighted by molar-refractivity contribution is 5.81. The van der Waals surface area contributed by atoms with E-state index in [0.717, 1.165) is 25.8 Å². The molecule has 1 amide bonds. The molecule has 4 nitrogen and oxygen atoms in total. The first kappa shape index (κ1) is 13.6. The summed E-state index contributed by atoms with van der Waals surface area (Å²) < 4.78 is 5.48. The smallest absolute Gasteiger partial charge is 0.230 e. The van der Waals surface area contributed by atoms with Crippen molar-refractivity contribution < 1.29 is 9.53 Å². The minimum absolute atomic E-state index is 0.0166. The topological polar surface area (TPSA) is 41.6 Å². The van der Waals surface area contributed by atoms with Crippen molar-refractivity contribution in [1.29, 1.82) is 0 Å². The number of rotatable bonds is 7. The Hall–Kier alpha value is -0.870. The van der Waals surface area contributed by atoms with E-state index in [9.17, 15) is 4.79 Å². The van der Waals surface area contributed by atoms with Gasteiger partial charge in [-0.25, -0.2) is 0 Å². The van der Waals surface area contributed by atoms with E-state index in [1.54, 1.807) is 0 Å². The number of ether oxygens (including phenoxy) is 1. The number of hydrogen-bond acceptors (Lipinski definition) is 3. The molecule has 0 radical (unpaired) electrons. The lowest BCUT2D eigenvalue weighted by atomic mass is 10.0. The molecule has 1 aliphatic heterocycles. The van der Waals surface area contributed by atoms with Crippen LogP contribution in [0.25, 0.3) is 0 Å². The van der Waals surface area contributed by atoms with Gasteiger partial charge in [0, 0.05) is 18.6 Å². The summed E-state index contributed by atoms with van der Waals surface area (Å²) in [5.74, 6) is 0.223.